The number of hydrogen-bond donors (Lipinski definition) is 2. The summed E-state index contributed by atoms with van der Waals surface area (Å²) >= 11 is 0. The minimum absolute atomic E-state index is 0.0111. The second-order valence-electron chi connectivity index (χ2n) is 7.64. The molecule has 0 saturated carbocycles. The van der Waals surface area contributed by atoms with Crippen LogP contribution in [0.2, 0.25) is 0 Å². The smallest absolute Gasteiger partial charge is 0.124 e. The SMILES string of the molecule is CCOc1ccc(CN2CC[C@@H](N3CCCCCC3)[C@H](O)C2)cc1CO. The van der Waals surface area contributed by atoms with Gasteiger partial charge in [-0.05, 0) is 57.0 Å². The van der Waals surface area contributed by atoms with E-state index in [2.05, 4.69) is 15.9 Å². The number of aliphatic hydroxyl groups is 2. The van der Waals surface area contributed by atoms with E-state index in [0.717, 1.165) is 56.0 Å². The van der Waals surface area contributed by atoms with Crippen LogP contribution in [0.25, 0.3) is 0 Å². The maximum Gasteiger partial charge on any atom is 0.124 e. The van der Waals surface area contributed by atoms with Crippen molar-refractivity contribution in [3.63, 3.8) is 0 Å². The van der Waals surface area contributed by atoms with Gasteiger partial charge in [-0.2, -0.15) is 0 Å². The number of rotatable bonds is 6. The first kappa shape index (κ1) is 19.6. The van der Waals surface area contributed by atoms with Crippen molar-refractivity contribution in [3.05, 3.63) is 29.3 Å². The van der Waals surface area contributed by atoms with Crippen molar-refractivity contribution in [1.82, 2.24) is 9.80 Å². The molecule has 0 amide bonds. The van der Waals surface area contributed by atoms with Crippen molar-refractivity contribution < 1.29 is 14.9 Å². The maximum absolute atomic E-state index is 10.7. The Bertz CT molecular complexity index is 558. The largest absolute Gasteiger partial charge is 0.494 e. The number of likely N-dealkylation sites (tertiary alicyclic amines) is 2. The van der Waals surface area contributed by atoms with Crippen LogP contribution in [0, 0.1) is 0 Å². The van der Waals surface area contributed by atoms with Gasteiger partial charge < -0.3 is 14.9 Å². The first-order chi connectivity index (χ1) is 12.7. The lowest BCUT2D eigenvalue weighted by Gasteiger charge is -2.41. The third-order valence-electron chi connectivity index (χ3n) is 5.74. The first-order valence-corrected chi connectivity index (χ1v) is 10.2. The monoisotopic (exact) mass is 362 g/mol. The van der Waals surface area contributed by atoms with E-state index in [1.54, 1.807) is 0 Å². The summed E-state index contributed by atoms with van der Waals surface area (Å²) in [5, 5.41) is 20.3. The van der Waals surface area contributed by atoms with E-state index in [0.29, 0.717) is 12.6 Å². The van der Waals surface area contributed by atoms with Crippen LogP contribution in [0.15, 0.2) is 18.2 Å². The highest BCUT2D eigenvalue weighted by Crippen LogP contribution is 2.24. The Morgan fingerprint density at radius 3 is 2.54 bits per heavy atom. The number of aliphatic hydroxyl groups excluding tert-OH is 2. The van der Waals surface area contributed by atoms with Gasteiger partial charge in [-0.15, -0.1) is 0 Å². The van der Waals surface area contributed by atoms with Gasteiger partial charge >= 0.3 is 0 Å². The third-order valence-corrected chi connectivity index (χ3v) is 5.74. The summed E-state index contributed by atoms with van der Waals surface area (Å²) in [6, 6.07) is 6.36. The van der Waals surface area contributed by atoms with Gasteiger partial charge in [-0.25, -0.2) is 0 Å². The zero-order chi connectivity index (χ0) is 18.4. The molecule has 3 rings (SSSR count). The van der Waals surface area contributed by atoms with Gasteiger partial charge in [-0.3, -0.25) is 9.80 Å². The molecule has 0 aliphatic carbocycles. The quantitative estimate of drug-likeness (QED) is 0.814. The zero-order valence-electron chi connectivity index (χ0n) is 16.1. The molecule has 0 unspecified atom stereocenters. The highest BCUT2D eigenvalue weighted by atomic mass is 16.5. The summed E-state index contributed by atoms with van der Waals surface area (Å²) in [4.78, 5) is 4.85. The van der Waals surface area contributed by atoms with Crippen LogP contribution in [0.4, 0.5) is 0 Å². The van der Waals surface area contributed by atoms with E-state index < -0.39 is 0 Å². The minimum atomic E-state index is -0.276. The molecule has 2 aliphatic rings. The zero-order valence-corrected chi connectivity index (χ0v) is 16.1. The van der Waals surface area contributed by atoms with E-state index >= 15 is 0 Å². The van der Waals surface area contributed by atoms with Crippen LogP contribution in [-0.2, 0) is 13.2 Å². The summed E-state index contributed by atoms with van der Waals surface area (Å²) in [6.45, 7) is 7.36. The van der Waals surface area contributed by atoms with E-state index in [4.69, 9.17) is 4.74 Å². The van der Waals surface area contributed by atoms with Crippen molar-refractivity contribution in [2.24, 2.45) is 0 Å². The average Bonchev–Trinajstić information content (AvgIpc) is 2.92. The number of nitrogens with zero attached hydrogens (tertiary/aromatic N) is 2. The summed E-state index contributed by atoms with van der Waals surface area (Å²) in [5.41, 5.74) is 2.00. The molecular weight excluding hydrogens is 328 g/mol. The van der Waals surface area contributed by atoms with Gasteiger partial charge in [0, 0.05) is 31.2 Å². The highest BCUT2D eigenvalue weighted by molar-refractivity contribution is 5.37. The van der Waals surface area contributed by atoms with Gasteiger partial charge in [0.15, 0.2) is 0 Å². The second-order valence-corrected chi connectivity index (χ2v) is 7.64. The molecular formula is C21H34N2O3. The van der Waals surface area contributed by atoms with Crippen LogP contribution in [0.3, 0.4) is 0 Å². The molecule has 146 valence electrons. The van der Waals surface area contributed by atoms with Crippen molar-refractivity contribution in [2.45, 2.75) is 64.3 Å². The number of piperidine rings is 1. The molecule has 1 aromatic carbocycles. The van der Waals surface area contributed by atoms with Crippen molar-refractivity contribution in [3.8, 4) is 5.75 Å². The van der Waals surface area contributed by atoms with Gasteiger partial charge in [0.2, 0.25) is 0 Å². The molecule has 2 heterocycles. The number of benzene rings is 1. The fourth-order valence-electron chi connectivity index (χ4n) is 4.39. The molecule has 2 saturated heterocycles. The Labute approximate surface area is 157 Å². The fourth-order valence-corrected chi connectivity index (χ4v) is 4.39. The van der Waals surface area contributed by atoms with E-state index in [9.17, 15) is 10.2 Å². The van der Waals surface area contributed by atoms with E-state index in [1.165, 1.54) is 25.7 Å². The molecule has 2 fully saturated rings. The van der Waals surface area contributed by atoms with Crippen LogP contribution in [-0.4, -0.2) is 64.9 Å². The van der Waals surface area contributed by atoms with E-state index in [-0.39, 0.29) is 12.7 Å². The van der Waals surface area contributed by atoms with Gasteiger partial charge in [-0.1, -0.05) is 18.9 Å². The Morgan fingerprint density at radius 2 is 1.88 bits per heavy atom. The summed E-state index contributed by atoms with van der Waals surface area (Å²) in [6.07, 6.45) is 5.95. The third kappa shape index (κ3) is 4.97. The fraction of sp³-hybridized carbons (Fsp3) is 0.714. The second kappa shape index (κ2) is 9.70. The lowest BCUT2D eigenvalue weighted by molar-refractivity contribution is -0.0144. The molecule has 2 atom stereocenters. The lowest BCUT2D eigenvalue weighted by atomic mass is 9.99. The molecule has 26 heavy (non-hydrogen) atoms. The maximum atomic E-state index is 10.7. The summed E-state index contributed by atoms with van der Waals surface area (Å²) in [7, 11) is 0. The Kier molecular flexibility index (Phi) is 7.32. The predicted molar refractivity (Wildman–Crippen MR) is 103 cm³/mol. The Hall–Kier alpha value is -1.14. The van der Waals surface area contributed by atoms with Crippen molar-refractivity contribution in [1.29, 1.82) is 0 Å². The molecule has 2 N–H and O–H groups in total. The molecule has 0 bridgehead atoms. The first-order valence-electron chi connectivity index (χ1n) is 10.2. The average molecular weight is 363 g/mol. The normalized spacial score (nSPS) is 25.8. The predicted octanol–water partition coefficient (Wildman–Crippen LogP) is 2.39. The Balaban J connectivity index is 1.57. The summed E-state index contributed by atoms with van der Waals surface area (Å²) < 4.78 is 5.56. The van der Waals surface area contributed by atoms with Gasteiger partial charge in [0.25, 0.3) is 0 Å². The minimum Gasteiger partial charge on any atom is -0.494 e. The molecule has 2 aliphatic heterocycles. The van der Waals surface area contributed by atoms with Crippen molar-refractivity contribution in [2.75, 3.05) is 32.8 Å². The van der Waals surface area contributed by atoms with E-state index in [1.807, 2.05) is 19.1 Å². The van der Waals surface area contributed by atoms with Crippen LogP contribution in [0.5, 0.6) is 5.75 Å². The standard InChI is InChI=1S/C21H34N2O3/c1-2-26-21-8-7-17(13-18(21)16-24)14-22-12-9-19(20(25)15-22)23-10-5-3-4-6-11-23/h7-8,13,19-20,24-25H,2-6,9-12,14-16H2,1H3/t19-,20-/m1/s1. The van der Waals surface area contributed by atoms with Crippen LogP contribution >= 0.6 is 0 Å². The molecule has 5 heteroatoms. The highest BCUT2D eigenvalue weighted by Gasteiger charge is 2.32. The van der Waals surface area contributed by atoms with Gasteiger partial charge in [0.1, 0.15) is 5.75 Å². The van der Waals surface area contributed by atoms with Crippen LogP contribution in [0.1, 0.15) is 50.2 Å². The topological polar surface area (TPSA) is 56.2 Å². The van der Waals surface area contributed by atoms with Crippen molar-refractivity contribution >= 4 is 0 Å². The Morgan fingerprint density at radius 1 is 1.12 bits per heavy atom. The summed E-state index contributed by atoms with van der Waals surface area (Å²) in [5.74, 6) is 0.763. The molecule has 5 nitrogen and oxygen atoms in total. The molecule has 0 aromatic heterocycles. The lowest BCUT2D eigenvalue weighted by Crippen LogP contribution is -2.54. The number of hydrogen-bond acceptors (Lipinski definition) is 5. The molecule has 0 radical (unpaired) electrons. The van der Waals surface area contributed by atoms with Crippen LogP contribution < -0.4 is 4.74 Å². The molecule has 0 spiro atoms. The van der Waals surface area contributed by atoms with Gasteiger partial charge in [0.05, 0.1) is 19.3 Å². The number of β-amino-alcohol motifs (C(OH)–C–C–N with tert-alkyl or cyclic N) is 1. The molecule has 1 aromatic rings. The number of ether oxygens (including phenoxy) is 1.